The molecule has 0 unspecified atom stereocenters. The van der Waals surface area contributed by atoms with Crippen molar-refractivity contribution in [3.05, 3.63) is 23.3 Å². The molecule has 20 heavy (non-hydrogen) atoms. The van der Waals surface area contributed by atoms with Crippen molar-refractivity contribution in [1.29, 1.82) is 0 Å². The molecule has 0 saturated heterocycles. The lowest BCUT2D eigenvalue weighted by atomic mass is 9.93. The van der Waals surface area contributed by atoms with Crippen molar-refractivity contribution in [2.75, 3.05) is 13.7 Å². The Morgan fingerprint density at radius 2 is 1.90 bits per heavy atom. The highest BCUT2D eigenvalue weighted by Gasteiger charge is 2.36. The van der Waals surface area contributed by atoms with Gasteiger partial charge in [0.15, 0.2) is 5.82 Å². The summed E-state index contributed by atoms with van der Waals surface area (Å²) in [5.74, 6) is 0.884. The van der Waals surface area contributed by atoms with E-state index in [2.05, 4.69) is 23.3 Å². The van der Waals surface area contributed by atoms with E-state index in [1.54, 1.807) is 7.11 Å². The standard InChI is InChI=1S/C16H27N3O/c1-4-17-12-14-11-13(2)18-15(19-14)16(20-3)9-7-5-6-8-10-16/h11,17H,4-10,12H2,1-3H3. The van der Waals surface area contributed by atoms with Crippen molar-refractivity contribution >= 4 is 0 Å². The predicted octanol–water partition coefficient (Wildman–Crippen LogP) is 3.09. The third kappa shape index (κ3) is 3.55. The first-order valence-corrected chi connectivity index (χ1v) is 7.81. The van der Waals surface area contributed by atoms with Crippen molar-refractivity contribution in [3.8, 4) is 0 Å². The normalized spacial score (nSPS) is 18.8. The zero-order valence-electron chi connectivity index (χ0n) is 13.0. The van der Waals surface area contributed by atoms with Gasteiger partial charge in [-0.25, -0.2) is 9.97 Å². The van der Waals surface area contributed by atoms with E-state index in [9.17, 15) is 0 Å². The number of ether oxygens (including phenoxy) is 1. The third-order valence-electron chi connectivity index (χ3n) is 4.17. The molecule has 1 saturated carbocycles. The smallest absolute Gasteiger partial charge is 0.160 e. The Balaban J connectivity index is 2.30. The number of nitrogens with zero attached hydrogens (tertiary/aromatic N) is 2. The molecule has 4 heteroatoms. The van der Waals surface area contributed by atoms with Crippen LogP contribution in [0.2, 0.25) is 0 Å². The molecule has 2 rings (SSSR count). The van der Waals surface area contributed by atoms with E-state index in [4.69, 9.17) is 9.72 Å². The van der Waals surface area contributed by atoms with Crippen LogP contribution in [-0.4, -0.2) is 23.6 Å². The molecule has 4 nitrogen and oxygen atoms in total. The van der Waals surface area contributed by atoms with Crippen LogP contribution in [0, 0.1) is 6.92 Å². The molecule has 1 heterocycles. The highest BCUT2D eigenvalue weighted by atomic mass is 16.5. The van der Waals surface area contributed by atoms with Gasteiger partial charge in [-0.2, -0.15) is 0 Å². The second-order valence-electron chi connectivity index (χ2n) is 5.72. The van der Waals surface area contributed by atoms with Gasteiger partial charge < -0.3 is 10.1 Å². The highest BCUT2D eigenvalue weighted by Crippen LogP contribution is 2.37. The Kier molecular flexibility index (Phi) is 5.49. The zero-order chi connectivity index (χ0) is 14.4. The summed E-state index contributed by atoms with van der Waals surface area (Å²) >= 11 is 0. The van der Waals surface area contributed by atoms with Crippen LogP contribution in [-0.2, 0) is 16.9 Å². The van der Waals surface area contributed by atoms with Crippen LogP contribution >= 0.6 is 0 Å². The maximum absolute atomic E-state index is 5.91. The molecule has 112 valence electrons. The molecule has 0 aliphatic heterocycles. The van der Waals surface area contributed by atoms with Gasteiger partial charge in [-0.15, -0.1) is 0 Å². The number of methoxy groups -OCH3 is 1. The first kappa shape index (κ1) is 15.4. The number of rotatable bonds is 5. The molecular formula is C16H27N3O. The van der Waals surface area contributed by atoms with Gasteiger partial charge in [0.05, 0.1) is 5.69 Å². The lowest BCUT2D eigenvalue weighted by Gasteiger charge is -2.30. The van der Waals surface area contributed by atoms with Gasteiger partial charge in [0.25, 0.3) is 0 Å². The van der Waals surface area contributed by atoms with Gasteiger partial charge in [-0.3, -0.25) is 0 Å². The van der Waals surface area contributed by atoms with Gasteiger partial charge in [0, 0.05) is 19.3 Å². The van der Waals surface area contributed by atoms with Crippen LogP contribution in [0.4, 0.5) is 0 Å². The lowest BCUT2D eigenvalue weighted by Crippen LogP contribution is -2.31. The van der Waals surface area contributed by atoms with Crippen molar-refractivity contribution in [2.45, 2.75) is 64.5 Å². The van der Waals surface area contributed by atoms with Gasteiger partial charge >= 0.3 is 0 Å². The van der Waals surface area contributed by atoms with Crippen LogP contribution < -0.4 is 5.32 Å². The van der Waals surface area contributed by atoms with E-state index in [0.717, 1.165) is 43.1 Å². The minimum absolute atomic E-state index is 0.274. The van der Waals surface area contributed by atoms with Crippen molar-refractivity contribution in [1.82, 2.24) is 15.3 Å². The van der Waals surface area contributed by atoms with Gasteiger partial charge in [-0.05, 0) is 32.4 Å². The Morgan fingerprint density at radius 1 is 1.20 bits per heavy atom. The quantitative estimate of drug-likeness (QED) is 0.840. The lowest BCUT2D eigenvalue weighted by molar-refractivity contribution is -0.0354. The summed E-state index contributed by atoms with van der Waals surface area (Å²) in [7, 11) is 1.81. The van der Waals surface area contributed by atoms with Crippen LogP contribution in [0.15, 0.2) is 6.07 Å². The first-order chi connectivity index (χ1) is 9.70. The Bertz CT molecular complexity index is 426. The average Bonchev–Trinajstić information content (AvgIpc) is 2.71. The average molecular weight is 277 g/mol. The summed E-state index contributed by atoms with van der Waals surface area (Å²) in [5, 5.41) is 3.33. The molecule has 1 aliphatic carbocycles. The van der Waals surface area contributed by atoms with Gasteiger partial charge in [0.2, 0.25) is 0 Å². The highest BCUT2D eigenvalue weighted by molar-refractivity contribution is 5.14. The SMILES string of the molecule is CCNCc1cc(C)nc(C2(OC)CCCCCC2)n1. The van der Waals surface area contributed by atoms with Crippen molar-refractivity contribution < 1.29 is 4.74 Å². The predicted molar refractivity (Wildman–Crippen MR) is 80.5 cm³/mol. The minimum atomic E-state index is -0.274. The number of aromatic nitrogens is 2. The van der Waals surface area contributed by atoms with E-state index in [1.807, 2.05) is 6.92 Å². The molecule has 0 aromatic carbocycles. The van der Waals surface area contributed by atoms with Crippen molar-refractivity contribution in [2.24, 2.45) is 0 Å². The zero-order valence-corrected chi connectivity index (χ0v) is 13.0. The molecule has 1 aromatic heterocycles. The molecule has 0 bridgehead atoms. The molecular weight excluding hydrogens is 250 g/mol. The summed E-state index contributed by atoms with van der Waals surface area (Å²) in [6, 6.07) is 2.06. The molecule has 0 amide bonds. The fourth-order valence-corrected chi connectivity index (χ4v) is 3.00. The van der Waals surface area contributed by atoms with E-state index in [0.29, 0.717) is 0 Å². The van der Waals surface area contributed by atoms with E-state index >= 15 is 0 Å². The van der Waals surface area contributed by atoms with Crippen LogP contribution in [0.1, 0.15) is 62.7 Å². The Hall–Kier alpha value is -1.00. The maximum atomic E-state index is 5.91. The molecule has 1 aliphatic rings. The number of hydrogen-bond acceptors (Lipinski definition) is 4. The Morgan fingerprint density at radius 3 is 2.50 bits per heavy atom. The second kappa shape index (κ2) is 7.14. The molecule has 0 radical (unpaired) electrons. The van der Waals surface area contributed by atoms with E-state index in [1.165, 1.54) is 25.7 Å². The Labute approximate surface area is 122 Å². The fourth-order valence-electron chi connectivity index (χ4n) is 3.00. The van der Waals surface area contributed by atoms with Crippen LogP contribution in [0.25, 0.3) is 0 Å². The maximum Gasteiger partial charge on any atom is 0.160 e. The van der Waals surface area contributed by atoms with E-state index in [-0.39, 0.29) is 5.60 Å². The number of hydrogen-bond donors (Lipinski definition) is 1. The molecule has 1 aromatic rings. The summed E-state index contributed by atoms with van der Waals surface area (Å²) < 4.78 is 5.91. The van der Waals surface area contributed by atoms with Crippen LogP contribution in [0.3, 0.4) is 0 Å². The van der Waals surface area contributed by atoms with E-state index < -0.39 is 0 Å². The minimum Gasteiger partial charge on any atom is -0.370 e. The summed E-state index contributed by atoms with van der Waals surface area (Å²) in [5.41, 5.74) is 1.82. The topological polar surface area (TPSA) is 47.0 Å². The number of aryl methyl sites for hydroxylation is 1. The number of nitrogens with one attached hydrogen (secondary N) is 1. The molecule has 1 N–H and O–H groups in total. The van der Waals surface area contributed by atoms with Gasteiger partial charge in [0.1, 0.15) is 5.60 Å². The monoisotopic (exact) mass is 277 g/mol. The molecule has 1 fully saturated rings. The largest absolute Gasteiger partial charge is 0.370 e. The second-order valence-corrected chi connectivity index (χ2v) is 5.72. The summed E-state index contributed by atoms with van der Waals surface area (Å²) in [6.45, 7) is 5.90. The van der Waals surface area contributed by atoms with Crippen LogP contribution in [0.5, 0.6) is 0 Å². The van der Waals surface area contributed by atoms with Crippen molar-refractivity contribution in [3.63, 3.8) is 0 Å². The van der Waals surface area contributed by atoms with Gasteiger partial charge in [-0.1, -0.05) is 32.6 Å². The molecule has 0 atom stereocenters. The third-order valence-corrected chi connectivity index (χ3v) is 4.17. The summed E-state index contributed by atoms with van der Waals surface area (Å²) in [4.78, 5) is 9.47. The fraction of sp³-hybridized carbons (Fsp3) is 0.750. The first-order valence-electron chi connectivity index (χ1n) is 7.81. The summed E-state index contributed by atoms with van der Waals surface area (Å²) in [6.07, 6.45) is 7.06. The molecule has 0 spiro atoms.